The van der Waals surface area contributed by atoms with Gasteiger partial charge in [0.25, 0.3) is 0 Å². The number of carbonyl (C=O) groups is 3. The minimum Gasteiger partial charge on any atom is -0.451 e. The van der Waals surface area contributed by atoms with Crippen molar-refractivity contribution in [2.24, 2.45) is 5.41 Å². The Balaban J connectivity index is 1.61. The summed E-state index contributed by atoms with van der Waals surface area (Å²) in [5.41, 5.74) is 1.43. The van der Waals surface area contributed by atoms with Crippen LogP contribution in [0.1, 0.15) is 48.4 Å². The Morgan fingerprint density at radius 2 is 1.58 bits per heavy atom. The molecule has 0 spiro atoms. The summed E-state index contributed by atoms with van der Waals surface area (Å²) in [4.78, 5) is 37.1. The molecule has 0 aliphatic carbocycles. The van der Waals surface area contributed by atoms with Crippen molar-refractivity contribution in [3.05, 3.63) is 66.0 Å². The van der Waals surface area contributed by atoms with E-state index in [2.05, 4.69) is 20.8 Å². The number of nitrogens with zero attached hydrogens (tertiary/aromatic N) is 4. The zero-order chi connectivity index (χ0) is 22.6. The first-order chi connectivity index (χ1) is 14.6. The summed E-state index contributed by atoms with van der Waals surface area (Å²) >= 11 is 0. The fraction of sp³-hybridized carbons (Fsp3) is 0.273. The molecule has 0 unspecified atom stereocenters. The molecule has 1 atom stereocenters. The fourth-order valence-corrected chi connectivity index (χ4v) is 2.58. The van der Waals surface area contributed by atoms with Crippen LogP contribution >= 0.6 is 0 Å². The average Bonchev–Trinajstić information content (AvgIpc) is 3.28. The Kier molecular flexibility index (Phi) is 6.24. The van der Waals surface area contributed by atoms with Gasteiger partial charge in [-0.05, 0) is 65.9 Å². The summed E-state index contributed by atoms with van der Waals surface area (Å²) in [6, 6.07) is 12.9. The molecule has 1 aromatic heterocycles. The van der Waals surface area contributed by atoms with Gasteiger partial charge in [-0.1, -0.05) is 20.8 Å². The Morgan fingerprint density at radius 1 is 0.968 bits per heavy atom. The van der Waals surface area contributed by atoms with E-state index >= 15 is 0 Å². The van der Waals surface area contributed by atoms with E-state index in [0.29, 0.717) is 22.5 Å². The molecule has 1 heterocycles. The Morgan fingerprint density at radius 3 is 2.13 bits per heavy atom. The fourth-order valence-electron chi connectivity index (χ4n) is 2.58. The standard InChI is InChI=1S/C22H23N5O4/c1-14(19(28)15-5-9-17(10-6-15)24-21(30)22(2,3)4)31-20(29)16-7-11-18(12-8-16)27-13-23-25-26-27/h5-14H,1-4H3,(H,24,30)/t14-/m0/s1. The number of ketones is 1. The lowest BCUT2D eigenvalue weighted by Crippen LogP contribution is -2.27. The lowest BCUT2D eigenvalue weighted by Gasteiger charge is -2.18. The number of nitrogens with one attached hydrogen (secondary N) is 1. The molecule has 0 fully saturated rings. The van der Waals surface area contributed by atoms with Crippen LogP contribution in [0.5, 0.6) is 0 Å². The van der Waals surface area contributed by atoms with Gasteiger partial charge < -0.3 is 10.1 Å². The average molecular weight is 421 g/mol. The Hall–Kier alpha value is -3.88. The van der Waals surface area contributed by atoms with Crippen molar-refractivity contribution in [1.82, 2.24) is 20.2 Å². The van der Waals surface area contributed by atoms with Crippen LogP contribution in [0.4, 0.5) is 5.69 Å². The van der Waals surface area contributed by atoms with Gasteiger partial charge in [-0.2, -0.15) is 0 Å². The maximum atomic E-state index is 12.6. The smallest absolute Gasteiger partial charge is 0.338 e. The number of hydrogen-bond donors (Lipinski definition) is 1. The van der Waals surface area contributed by atoms with Gasteiger partial charge in [0.15, 0.2) is 6.10 Å². The molecule has 0 saturated carbocycles. The molecular formula is C22H23N5O4. The molecule has 0 saturated heterocycles. The van der Waals surface area contributed by atoms with Crippen molar-refractivity contribution in [1.29, 1.82) is 0 Å². The highest BCUT2D eigenvalue weighted by Gasteiger charge is 2.22. The topological polar surface area (TPSA) is 116 Å². The molecule has 2 aromatic carbocycles. The van der Waals surface area contributed by atoms with Gasteiger partial charge in [0.2, 0.25) is 11.7 Å². The Bertz CT molecular complexity index is 1070. The molecule has 1 N–H and O–H groups in total. The van der Waals surface area contributed by atoms with Gasteiger partial charge in [-0.15, -0.1) is 5.10 Å². The van der Waals surface area contributed by atoms with Crippen molar-refractivity contribution in [2.45, 2.75) is 33.8 Å². The number of Topliss-reactive ketones (excluding diaryl/α,β-unsaturated/α-hetero) is 1. The summed E-state index contributed by atoms with van der Waals surface area (Å²) < 4.78 is 6.77. The van der Waals surface area contributed by atoms with Crippen molar-refractivity contribution >= 4 is 23.3 Å². The third-order valence-electron chi connectivity index (χ3n) is 4.48. The largest absolute Gasteiger partial charge is 0.451 e. The van der Waals surface area contributed by atoms with Gasteiger partial charge in [0.1, 0.15) is 6.33 Å². The molecular weight excluding hydrogens is 398 g/mol. The lowest BCUT2D eigenvalue weighted by atomic mass is 9.95. The zero-order valence-corrected chi connectivity index (χ0v) is 17.7. The van der Waals surface area contributed by atoms with Crippen molar-refractivity contribution in [3.63, 3.8) is 0 Å². The minimum absolute atomic E-state index is 0.125. The maximum Gasteiger partial charge on any atom is 0.338 e. The van der Waals surface area contributed by atoms with Crippen LogP contribution in [-0.4, -0.2) is 44.0 Å². The SMILES string of the molecule is C[C@H](OC(=O)c1ccc(-n2cnnn2)cc1)C(=O)c1ccc(NC(=O)C(C)(C)C)cc1. The van der Waals surface area contributed by atoms with Crippen LogP contribution in [0.3, 0.4) is 0 Å². The number of anilines is 1. The van der Waals surface area contributed by atoms with Crippen LogP contribution < -0.4 is 5.32 Å². The number of rotatable bonds is 6. The molecule has 160 valence electrons. The second-order valence-corrected chi connectivity index (χ2v) is 7.99. The number of carbonyl (C=O) groups excluding carboxylic acids is 3. The maximum absolute atomic E-state index is 12.6. The molecule has 31 heavy (non-hydrogen) atoms. The van der Waals surface area contributed by atoms with Gasteiger partial charge in [0, 0.05) is 16.7 Å². The van der Waals surface area contributed by atoms with Crippen molar-refractivity contribution in [2.75, 3.05) is 5.32 Å². The predicted molar refractivity (Wildman–Crippen MR) is 113 cm³/mol. The number of hydrogen-bond acceptors (Lipinski definition) is 7. The summed E-state index contributed by atoms with van der Waals surface area (Å²) in [7, 11) is 0. The molecule has 9 nitrogen and oxygen atoms in total. The number of esters is 1. The van der Waals surface area contributed by atoms with Gasteiger partial charge in [0.05, 0.1) is 11.3 Å². The van der Waals surface area contributed by atoms with Crippen LogP contribution in [-0.2, 0) is 9.53 Å². The van der Waals surface area contributed by atoms with E-state index in [1.165, 1.54) is 17.9 Å². The van der Waals surface area contributed by atoms with E-state index in [9.17, 15) is 14.4 Å². The van der Waals surface area contributed by atoms with Crippen LogP contribution in [0.25, 0.3) is 5.69 Å². The van der Waals surface area contributed by atoms with Crippen molar-refractivity contribution in [3.8, 4) is 5.69 Å². The number of amides is 1. The third kappa shape index (κ3) is 5.39. The minimum atomic E-state index is -0.971. The normalized spacial score (nSPS) is 12.1. The third-order valence-corrected chi connectivity index (χ3v) is 4.48. The van der Waals surface area contributed by atoms with Crippen LogP contribution in [0.15, 0.2) is 54.9 Å². The number of aromatic nitrogens is 4. The predicted octanol–water partition coefficient (Wildman–Crippen LogP) is 3.08. The zero-order valence-electron chi connectivity index (χ0n) is 17.7. The van der Waals surface area contributed by atoms with E-state index in [1.54, 1.807) is 48.5 Å². The molecule has 3 aromatic rings. The first-order valence-electron chi connectivity index (χ1n) is 9.65. The second-order valence-electron chi connectivity index (χ2n) is 7.99. The van der Waals surface area contributed by atoms with Crippen LogP contribution in [0.2, 0.25) is 0 Å². The molecule has 9 heteroatoms. The van der Waals surface area contributed by atoms with Crippen molar-refractivity contribution < 1.29 is 19.1 Å². The molecule has 1 amide bonds. The molecule has 0 bridgehead atoms. The molecule has 0 aliphatic rings. The second kappa shape index (κ2) is 8.86. The van der Waals surface area contributed by atoms with E-state index in [0.717, 1.165) is 0 Å². The molecule has 0 aliphatic heterocycles. The summed E-state index contributed by atoms with van der Waals surface area (Å²) in [5.74, 6) is -1.08. The molecule has 3 rings (SSSR count). The first-order valence-corrected chi connectivity index (χ1v) is 9.65. The number of benzene rings is 2. The monoisotopic (exact) mass is 421 g/mol. The van der Waals surface area contributed by atoms with Crippen LogP contribution in [0, 0.1) is 5.41 Å². The lowest BCUT2D eigenvalue weighted by molar-refractivity contribution is -0.123. The van der Waals surface area contributed by atoms with E-state index in [-0.39, 0.29) is 11.7 Å². The van der Waals surface area contributed by atoms with Gasteiger partial charge >= 0.3 is 5.97 Å². The number of tetrazole rings is 1. The summed E-state index contributed by atoms with van der Waals surface area (Å²) in [6.45, 7) is 6.96. The highest BCUT2D eigenvalue weighted by molar-refractivity contribution is 6.02. The summed E-state index contributed by atoms with van der Waals surface area (Å²) in [5, 5.41) is 13.7. The van der Waals surface area contributed by atoms with E-state index in [4.69, 9.17) is 4.74 Å². The Labute approximate surface area is 179 Å². The summed E-state index contributed by atoms with van der Waals surface area (Å²) in [6.07, 6.45) is 0.468. The van der Waals surface area contributed by atoms with Gasteiger partial charge in [-0.3, -0.25) is 9.59 Å². The van der Waals surface area contributed by atoms with E-state index in [1.807, 2.05) is 20.8 Å². The van der Waals surface area contributed by atoms with Gasteiger partial charge in [-0.25, -0.2) is 9.48 Å². The highest BCUT2D eigenvalue weighted by atomic mass is 16.5. The molecule has 0 radical (unpaired) electrons. The highest BCUT2D eigenvalue weighted by Crippen LogP contribution is 2.19. The first kappa shape index (κ1) is 21.8. The quantitative estimate of drug-likeness (QED) is 0.480. The van der Waals surface area contributed by atoms with E-state index < -0.39 is 17.5 Å². The number of ether oxygens (including phenoxy) is 1.